The summed E-state index contributed by atoms with van der Waals surface area (Å²) in [4.78, 5) is 29.0. The lowest BCUT2D eigenvalue weighted by Crippen LogP contribution is -2.37. The zero-order valence-electron chi connectivity index (χ0n) is 14.7. The number of aromatic amines is 1. The molecule has 1 aliphatic heterocycles. The number of aromatic nitrogens is 2. The fourth-order valence-electron chi connectivity index (χ4n) is 3.45. The summed E-state index contributed by atoms with van der Waals surface area (Å²) < 4.78 is 13.9. The summed E-state index contributed by atoms with van der Waals surface area (Å²) in [6.07, 6.45) is 2.33. The fraction of sp³-hybridized carbons (Fsp3) is 0.250. The van der Waals surface area contributed by atoms with E-state index < -0.39 is 5.82 Å². The van der Waals surface area contributed by atoms with Gasteiger partial charge >= 0.3 is 0 Å². The number of fused-ring (bicyclic) bond motifs is 1. The molecule has 0 spiro atoms. The van der Waals surface area contributed by atoms with Gasteiger partial charge in [0.25, 0.3) is 11.8 Å². The third kappa shape index (κ3) is 3.28. The molecule has 27 heavy (non-hydrogen) atoms. The predicted octanol–water partition coefficient (Wildman–Crippen LogP) is 2.69. The van der Waals surface area contributed by atoms with E-state index in [1.807, 2.05) is 12.1 Å². The molecule has 0 aliphatic carbocycles. The van der Waals surface area contributed by atoms with E-state index in [2.05, 4.69) is 10.2 Å². The third-order valence-corrected chi connectivity index (χ3v) is 4.88. The van der Waals surface area contributed by atoms with Crippen molar-refractivity contribution in [3.8, 4) is 0 Å². The van der Waals surface area contributed by atoms with E-state index in [0.29, 0.717) is 43.7 Å². The molecule has 0 bridgehead atoms. The Kier molecular flexibility index (Phi) is 4.58. The summed E-state index contributed by atoms with van der Waals surface area (Å²) in [7, 11) is 0. The second kappa shape index (κ2) is 7.19. The van der Waals surface area contributed by atoms with Crippen LogP contribution in [0.4, 0.5) is 4.39 Å². The summed E-state index contributed by atoms with van der Waals surface area (Å²) >= 11 is 0. The Hall–Kier alpha value is -3.22. The molecule has 1 aliphatic rings. The number of carbonyl (C=O) groups is 2. The predicted molar refractivity (Wildman–Crippen MR) is 98.9 cm³/mol. The van der Waals surface area contributed by atoms with Crippen molar-refractivity contribution >= 4 is 22.7 Å². The van der Waals surface area contributed by atoms with Crippen LogP contribution in [0.5, 0.6) is 0 Å². The van der Waals surface area contributed by atoms with Crippen LogP contribution < -0.4 is 0 Å². The third-order valence-electron chi connectivity index (χ3n) is 4.88. The Morgan fingerprint density at radius 2 is 1.56 bits per heavy atom. The van der Waals surface area contributed by atoms with Crippen LogP contribution in [0.1, 0.15) is 27.1 Å². The van der Waals surface area contributed by atoms with Gasteiger partial charge < -0.3 is 9.80 Å². The largest absolute Gasteiger partial charge is 0.337 e. The standard InChI is InChI=1S/C20H19FN4O2/c21-17-8-2-1-6-15(17)19(26)24-9-4-10-25(12-11-24)20(27)16-7-3-5-14-13-22-23-18(14)16/h1-3,5-8,13H,4,9-12H2,(H,22,23). The Balaban J connectivity index is 1.50. The molecule has 7 heteroatoms. The Morgan fingerprint density at radius 3 is 2.30 bits per heavy atom. The highest BCUT2D eigenvalue weighted by molar-refractivity contribution is 6.05. The van der Waals surface area contributed by atoms with Gasteiger partial charge in [0.05, 0.1) is 22.8 Å². The van der Waals surface area contributed by atoms with Crippen molar-refractivity contribution in [2.75, 3.05) is 26.2 Å². The monoisotopic (exact) mass is 366 g/mol. The quantitative estimate of drug-likeness (QED) is 0.758. The molecular weight excluding hydrogens is 347 g/mol. The maximum Gasteiger partial charge on any atom is 0.256 e. The lowest BCUT2D eigenvalue weighted by atomic mass is 10.1. The number of rotatable bonds is 2. The number of para-hydroxylation sites is 1. The van der Waals surface area contributed by atoms with Crippen LogP contribution in [0.3, 0.4) is 0 Å². The molecule has 0 atom stereocenters. The molecule has 0 radical (unpaired) electrons. The van der Waals surface area contributed by atoms with Crippen LogP contribution in [-0.2, 0) is 0 Å². The van der Waals surface area contributed by atoms with Crippen LogP contribution in [0.2, 0.25) is 0 Å². The Bertz CT molecular complexity index is 1000. The molecule has 1 saturated heterocycles. The molecule has 2 heterocycles. The number of H-pyrrole nitrogens is 1. The van der Waals surface area contributed by atoms with Crippen LogP contribution in [0, 0.1) is 5.82 Å². The zero-order chi connectivity index (χ0) is 18.8. The van der Waals surface area contributed by atoms with Gasteiger partial charge in [0.1, 0.15) is 5.82 Å². The molecule has 2 aromatic carbocycles. The van der Waals surface area contributed by atoms with Crippen molar-refractivity contribution < 1.29 is 14.0 Å². The lowest BCUT2D eigenvalue weighted by Gasteiger charge is -2.22. The second-order valence-electron chi connectivity index (χ2n) is 6.56. The SMILES string of the molecule is O=C(c1ccccc1F)N1CCCN(C(=O)c2cccc3cn[nH]c23)CC1. The van der Waals surface area contributed by atoms with Crippen molar-refractivity contribution in [3.05, 3.63) is 65.6 Å². The summed E-state index contributed by atoms with van der Waals surface area (Å²) in [5.41, 5.74) is 1.35. The van der Waals surface area contributed by atoms with E-state index >= 15 is 0 Å². The molecule has 1 N–H and O–H groups in total. The maximum absolute atomic E-state index is 13.9. The lowest BCUT2D eigenvalue weighted by molar-refractivity contribution is 0.0717. The summed E-state index contributed by atoms with van der Waals surface area (Å²) in [5, 5.41) is 7.76. The van der Waals surface area contributed by atoms with Crippen molar-refractivity contribution in [2.45, 2.75) is 6.42 Å². The number of benzene rings is 2. The van der Waals surface area contributed by atoms with Crippen LogP contribution in [0.25, 0.3) is 10.9 Å². The number of nitrogens with one attached hydrogen (secondary N) is 1. The fourth-order valence-corrected chi connectivity index (χ4v) is 3.45. The highest BCUT2D eigenvalue weighted by Gasteiger charge is 2.25. The zero-order valence-corrected chi connectivity index (χ0v) is 14.7. The van der Waals surface area contributed by atoms with Gasteiger partial charge in [0.15, 0.2) is 0 Å². The average molecular weight is 366 g/mol. The van der Waals surface area contributed by atoms with Crippen molar-refractivity contribution in [1.29, 1.82) is 0 Å². The topological polar surface area (TPSA) is 69.3 Å². The molecular formula is C20H19FN4O2. The molecule has 0 unspecified atom stereocenters. The number of carbonyl (C=O) groups excluding carboxylic acids is 2. The van der Waals surface area contributed by atoms with Gasteiger partial charge in [-0.25, -0.2) is 4.39 Å². The van der Waals surface area contributed by atoms with Gasteiger partial charge in [-0.1, -0.05) is 24.3 Å². The van der Waals surface area contributed by atoms with Gasteiger partial charge in [0, 0.05) is 31.6 Å². The number of amides is 2. The Labute approximate surface area is 155 Å². The minimum Gasteiger partial charge on any atom is -0.337 e. The molecule has 1 fully saturated rings. The molecule has 3 aromatic rings. The van der Waals surface area contributed by atoms with Gasteiger partial charge in [-0.05, 0) is 24.6 Å². The van der Waals surface area contributed by atoms with Gasteiger partial charge in [-0.3, -0.25) is 14.7 Å². The summed E-state index contributed by atoms with van der Waals surface area (Å²) in [6, 6.07) is 11.5. The van der Waals surface area contributed by atoms with Gasteiger partial charge in [0.2, 0.25) is 0 Å². The molecule has 6 nitrogen and oxygen atoms in total. The highest BCUT2D eigenvalue weighted by Crippen LogP contribution is 2.19. The minimum atomic E-state index is -0.523. The number of nitrogens with zero attached hydrogens (tertiary/aromatic N) is 3. The van der Waals surface area contributed by atoms with E-state index in [4.69, 9.17) is 0 Å². The number of halogens is 1. The average Bonchev–Trinajstić information content (AvgIpc) is 3.03. The first-order chi connectivity index (χ1) is 13.1. The first-order valence-corrected chi connectivity index (χ1v) is 8.90. The molecule has 2 amide bonds. The first kappa shape index (κ1) is 17.2. The van der Waals surface area contributed by atoms with Gasteiger partial charge in [-0.15, -0.1) is 0 Å². The van der Waals surface area contributed by atoms with E-state index in [1.165, 1.54) is 12.1 Å². The van der Waals surface area contributed by atoms with E-state index in [-0.39, 0.29) is 17.4 Å². The van der Waals surface area contributed by atoms with Crippen LogP contribution in [0.15, 0.2) is 48.7 Å². The molecule has 4 rings (SSSR count). The van der Waals surface area contributed by atoms with Crippen molar-refractivity contribution in [3.63, 3.8) is 0 Å². The maximum atomic E-state index is 13.9. The molecule has 138 valence electrons. The van der Waals surface area contributed by atoms with E-state index in [0.717, 1.165) is 5.39 Å². The number of hydrogen-bond donors (Lipinski definition) is 1. The summed E-state index contributed by atoms with van der Waals surface area (Å²) in [5.74, 6) is -0.950. The number of hydrogen-bond acceptors (Lipinski definition) is 3. The normalized spacial score (nSPS) is 15.0. The molecule has 1 aromatic heterocycles. The van der Waals surface area contributed by atoms with E-state index in [1.54, 1.807) is 34.2 Å². The molecule has 0 saturated carbocycles. The van der Waals surface area contributed by atoms with Crippen LogP contribution >= 0.6 is 0 Å². The highest BCUT2D eigenvalue weighted by atomic mass is 19.1. The second-order valence-corrected chi connectivity index (χ2v) is 6.56. The van der Waals surface area contributed by atoms with Crippen molar-refractivity contribution in [2.24, 2.45) is 0 Å². The smallest absolute Gasteiger partial charge is 0.256 e. The van der Waals surface area contributed by atoms with E-state index in [9.17, 15) is 14.0 Å². The Morgan fingerprint density at radius 1 is 0.889 bits per heavy atom. The summed E-state index contributed by atoms with van der Waals surface area (Å²) in [6.45, 7) is 1.82. The minimum absolute atomic E-state index is 0.0690. The van der Waals surface area contributed by atoms with Crippen molar-refractivity contribution in [1.82, 2.24) is 20.0 Å². The first-order valence-electron chi connectivity index (χ1n) is 8.90. The van der Waals surface area contributed by atoms with Crippen LogP contribution in [-0.4, -0.2) is 58.0 Å². The van der Waals surface area contributed by atoms with Gasteiger partial charge in [-0.2, -0.15) is 5.10 Å².